The maximum absolute atomic E-state index is 12.7. The summed E-state index contributed by atoms with van der Waals surface area (Å²) in [7, 11) is 1.59. The molecule has 1 fully saturated rings. The van der Waals surface area contributed by atoms with Gasteiger partial charge in [-0.25, -0.2) is 0 Å². The molecule has 0 aromatic heterocycles. The van der Waals surface area contributed by atoms with E-state index in [1.165, 1.54) is 6.07 Å². The lowest BCUT2D eigenvalue weighted by atomic mass is 10.1. The van der Waals surface area contributed by atoms with E-state index in [9.17, 15) is 13.6 Å². The Hall–Kier alpha value is -2.05. The number of fused-ring (bicyclic) bond motifs is 1. The van der Waals surface area contributed by atoms with Crippen molar-refractivity contribution in [2.45, 2.75) is 26.0 Å². The van der Waals surface area contributed by atoms with E-state index < -0.39 is 6.61 Å². The number of carbonyl (C=O) groups excluding carboxylic acids is 1. The Morgan fingerprint density at radius 1 is 1.21 bits per heavy atom. The first-order chi connectivity index (χ1) is 13.1. The summed E-state index contributed by atoms with van der Waals surface area (Å²) in [6.45, 7) is -1.76. The molecule has 1 aliphatic carbocycles. The Bertz CT molecular complexity index is 717. The lowest BCUT2D eigenvalue weighted by Gasteiger charge is -2.15. The van der Waals surface area contributed by atoms with Crippen LogP contribution < -0.4 is 30.2 Å². The highest BCUT2D eigenvalue weighted by Gasteiger charge is 2.29. The van der Waals surface area contributed by atoms with Gasteiger partial charge < -0.3 is 30.2 Å². The molecular weight excluding hydrogens is 489 g/mol. The molecule has 0 radical (unpaired) electrons. The molecule has 156 valence electrons. The van der Waals surface area contributed by atoms with Crippen molar-refractivity contribution in [1.82, 2.24) is 16.0 Å². The number of guanidine groups is 1. The molecule has 1 saturated carbocycles. The minimum absolute atomic E-state index is 0. The largest absolute Gasteiger partial charge is 0.454 e. The second-order valence-electron chi connectivity index (χ2n) is 6.11. The maximum atomic E-state index is 12.7. The van der Waals surface area contributed by atoms with Crippen LogP contribution in [0.4, 0.5) is 8.78 Å². The Morgan fingerprint density at radius 3 is 2.54 bits per heavy atom. The number of carbonyl (C=O) groups is 1. The fourth-order valence-electron chi connectivity index (χ4n) is 2.57. The van der Waals surface area contributed by atoms with Crippen LogP contribution in [-0.2, 0) is 11.3 Å². The van der Waals surface area contributed by atoms with E-state index in [-0.39, 0.29) is 54.9 Å². The highest BCUT2D eigenvalue weighted by molar-refractivity contribution is 14.0. The first-order valence-corrected chi connectivity index (χ1v) is 8.66. The molecule has 0 saturated heterocycles. The minimum atomic E-state index is -2.95. The van der Waals surface area contributed by atoms with Crippen molar-refractivity contribution in [1.29, 1.82) is 0 Å². The number of hydrogen-bond acceptors (Lipinski definition) is 5. The predicted octanol–water partition coefficient (Wildman–Crippen LogP) is 1.83. The molecule has 3 rings (SSSR count). The van der Waals surface area contributed by atoms with Crippen LogP contribution in [0, 0.1) is 5.92 Å². The van der Waals surface area contributed by atoms with Crippen LogP contribution in [0.15, 0.2) is 17.1 Å². The summed E-state index contributed by atoms with van der Waals surface area (Å²) in [5.74, 6) is 1.56. The molecule has 2 aliphatic rings. The number of rotatable bonds is 8. The van der Waals surface area contributed by atoms with Crippen molar-refractivity contribution in [2.24, 2.45) is 10.9 Å². The van der Waals surface area contributed by atoms with Gasteiger partial charge in [-0.05, 0) is 18.9 Å². The molecule has 1 amide bonds. The molecule has 28 heavy (non-hydrogen) atoms. The van der Waals surface area contributed by atoms with Crippen molar-refractivity contribution >= 4 is 35.8 Å². The van der Waals surface area contributed by atoms with Crippen LogP contribution in [0.3, 0.4) is 0 Å². The number of alkyl halides is 2. The van der Waals surface area contributed by atoms with Crippen molar-refractivity contribution in [3.8, 4) is 17.2 Å². The van der Waals surface area contributed by atoms with E-state index in [0.29, 0.717) is 36.1 Å². The zero-order valence-corrected chi connectivity index (χ0v) is 17.6. The summed E-state index contributed by atoms with van der Waals surface area (Å²) in [6, 6.07) is 2.98. The molecule has 8 nitrogen and oxygen atoms in total. The van der Waals surface area contributed by atoms with Gasteiger partial charge in [0, 0.05) is 44.2 Å². The number of benzene rings is 1. The molecule has 1 heterocycles. The summed E-state index contributed by atoms with van der Waals surface area (Å²) in [6.07, 6.45) is 1.92. The van der Waals surface area contributed by atoms with E-state index in [1.54, 1.807) is 13.1 Å². The van der Waals surface area contributed by atoms with Gasteiger partial charge >= 0.3 is 6.61 Å². The predicted molar refractivity (Wildman–Crippen MR) is 109 cm³/mol. The van der Waals surface area contributed by atoms with Crippen molar-refractivity contribution in [2.75, 3.05) is 26.9 Å². The quantitative estimate of drug-likeness (QED) is 0.213. The summed E-state index contributed by atoms with van der Waals surface area (Å²) in [5, 5.41) is 8.90. The number of hydrogen-bond donors (Lipinski definition) is 3. The normalized spacial score (nSPS) is 15.1. The SMILES string of the molecule is CN=C(NCCNC(=O)C1CC1)NCc1cc2c(cc1OC(F)F)OCO2.I. The summed E-state index contributed by atoms with van der Waals surface area (Å²) >= 11 is 0. The topological polar surface area (TPSA) is 93.2 Å². The molecule has 3 N–H and O–H groups in total. The molecular formula is C17H23F2IN4O4. The lowest BCUT2D eigenvalue weighted by Crippen LogP contribution is -2.41. The molecule has 0 spiro atoms. The lowest BCUT2D eigenvalue weighted by molar-refractivity contribution is -0.122. The van der Waals surface area contributed by atoms with Gasteiger partial charge in [0.25, 0.3) is 0 Å². The van der Waals surface area contributed by atoms with E-state index >= 15 is 0 Å². The highest BCUT2D eigenvalue weighted by Crippen LogP contribution is 2.38. The van der Waals surface area contributed by atoms with Crippen LogP contribution in [0.1, 0.15) is 18.4 Å². The third-order valence-electron chi connectivity index (χ3n) is 4.11. The van der Waals surface area contributed by atoms with Gasteiger partial charge in [0.1, 0.15) is 5.75 Å². The number of ether oxygens (including phenoxy) is 3. The summed E-state index contributed by atoms with van der Waals surface area (Å²) in [5.41, 5.74) is 0.476. The zero-order chi connectivity index (χ0) is 19.2. The van der Waals surface area contributed by atoms with Crippen LogP contribution in [0.2, 0.25) is 0 Å². The standard InChI is InChI=1S/C17H22F2N4O4.HI/c1-20-17(22-5-4-21-15(24)10-2-3-10)23-8-11-6-13-14(26-9-25-13)7-12(11)27-16(18)19;/h6-7,10,16H,2-5,8-9H2,1H3,(H,21,24)(H2,20,22,23);1H. The Balaban J connectivity index is 0.00000280. The molecule has 0 bridgehead atoms. The molecule has 1 aliphatic heterocycles. The van der Waals surface area contributed by atoms with Gasteiger partial charge in [0.2, 0.25) is 12.7 Å². The number of aliphatic imine (C=N–C) groups is 1. The second-order valence-corrected chi connectivity index (χ2v) is 6.11. The van der Waals surface area contributed by atoms with E-state index in [4.69, 9.17) is 9.47 Å². The van der Waals surface area contributed by atoms with Crippen LogP contribution in [0.25, 0.3) is 0 Å². The first-order valence-electron chi connectivity index (χ1n) is 8.66. The van der Waals surface area contributed by atoms with Gasteiger partial charge in [0.05, 0.1) is 0 Å². The highest BCUT2D eigenvalue weighted by atomic mass is 127. The van der Waals surface area contributed by atoms with E-state index in [1.807, 2.05) is 0 Å². The van der Waals surface area contributed by atoms with Crippen LogP contribution in [0.5, 0.6) is 17.2 Å². The third kappa shape index (κ3) is 6.24. The Morgan fingerprint density at radius 2 is 1.89 bits per heavy atom. The fraction of sp³-hybridized carbons (Fsp3) is 0.529. The van der Waals surface area contributed by atoms with Crippen molar-refractivity contribution in [3.05, 3.63) is 17.7 Å². The zero-order valence-electron chi connectivity index (χ0n) is 15.3. The van der Waals surface area contributed by atoms with Crippen molar-refractivity contribution < 1.29 is 27.8 Å². The average Bonchev–Trinajstić information content (AvgIpc) is 3.40. The Kier molecular flexibility index (Phi) is 8.33. The van der Waals surface area contributed by atoms with Crippen molar-refractivity contribution in [3.63, 3.8) is 0 Å². The molecule has 11 heteroatoms. The van der Waals surface area contributed by atoms with Gasteiger partial charge in [-0.1, -0.05) is 0 Å². The number of nitrogens with one attached hydrogen (secondary N) is 3. The molecule has 0 atom stereocenters. The monoisotopic (exact) mass is 512 g/mol. The summed E-state index contributed by atoms with van der Waals surface area (Å²) in [4.78, 5) is 15.6. The molecule has 0 unspecified atom stereocenters. The Labute approximate surface area is 178 Å². The van der Waals surface area contributed by atoms with E-state index in [2.05, 4.69) is 25.7 Å². The fourth-order valence-corrected chi connectivity index (χ4v) is 2.57. The first kappa shape index (κ1) is 22.2. The van der Waals surface area contributed by atoms with Crippen LogP contribution >= 0.6 is 24.0 Å². The smallest absolute Gasteiger partial charge is 0.387 e. The molecule has 1 aromatic rings. The molecule has 1 aromatic carbocycles. The average molecular weight is 512 g/mol. The van der Waals surface area contributed by atoms with Gasteiger partial charge in [-0.3, -0.25) is 9.79 Å². The number of amides is 1. The number of halogens is 3. The minimum Gasteiger partial charge on any atom is -0.454 e. The van der Waals surface area contributed by atoms with Gasteiger partial charge in [0.15, 0.2) is 17.5 Å². The van der Waals surface area contributed by atoms with E-state index in [0.717, 1.165) is 12.8 Å². The number of nitrogens with zero attached hydrogens (tertiary/aromatic N) is 1. The second kappa shape index (κ2) is 10.5. The van der Waals surface area contributed by atoms with Crippen LogP contribution in [-0.4, -0.2) is 45.4 Å². The third-order valence-corrected chi connectivity index (χ3v) is 4.11. The van der Waals surface area contributed by atoms with Gasteiger partial charge in [-0.2, -0.15) is 8.78 Å². The maximum Gasteiger partial charge on any atom is 0.387 e. The summed E-state index contributed by atoms with van der Waals surface area (Å²) < 4.78 is 40.4. The van der Waals surface area contributed by atoms with Gasteiger partial charge in [-0.15, -0.1) is 24.0 Å².